The molecule has 3 aromatic rings. The Labute approximate surface area is 165 Å². The van der Waals surface area contributed by atoms with Crippen molar-refractivity contribution in [3.05, 3.63) is 76.4 Å². The van der Waals surface area contributed by atoms with Crippen molar-refractivity contribution in [3.63, 3.8) is 0 Å². The lowest BCUT2D eigenvalue weighted by Gasteiger charge is -2.06. The van der Waals surface area contributed by atoms with E-state index < -0.39 is 11.8 Å². The van der Waals surface area contributed by atoms with Crippen molar-refractivity contribution in [1.29, 1.82) is 0 Å². The van der Waals surface area contributed by atoms with Crippen molar-refractivity contribution in [2.24, 2.45) is 0 Å². The Balaban J connectivity index is 1.40. The van der Waals surface area contributed by atoms with Crippen molar-refractivity contribution in [1.82, 2.24) is 10.9 Å². The standard InChI is InChI=1S/C20H18N2O5S/c23-16(18-7-4-12-28-18)9-11-19(24)21-22-20(25)17-10-8-15(27-17)13-26-14-5-2-1-3-6-14/h1-8,10,12H,9,11,13H2,(H,21,24)(H,22,25). The predicted molar refractivity (Wildman–Crippen MR) is 103 cm³/mol. The highest BCUT2D eigenvalue weighted by Crippen LogP contribution is 2.14. The van der Waals surface area contributed by atoms with Crippen LogP contribution in [0.1, 0.15) is 38.8 Å². The zero-order valence-corrected chi connectivity index (χ0v) is 15.7. The van der Waals surface area contributed by atoms with E-state index in [4.69, 9.17) is 9.15 Å². The number of nitrogens with one attached hydrogen (secondary N) is 2. The summed E-state index contributed by atoms with van der Waals surface area (Å²) in [7, 11) is 0. The molecule has 1 aromatic carbocycles. The van der Waals surface area contributed by atoms with Crippen LogP contribution in [-0.4, -0.2) is 17.6 Å². The summed E-state index contributed by atoms with van der Waals surface area (Å²) in [5.41, 5.74) is 4.53. The first-order chi connectivity index (χ1) is 13.6. The van der Waals surface area contributed by atoms with Crippen LogP contribution in [0.15, 0.2) is 64.4 Å². The van der Waals surface area contributed by atoms with E-state index in [1.54, 1.807) is 23.6 Å². The molecule has 7 nitrogen and oxygen atoms in total. The van der Waals surface area contributed by atoms with Gasteiger partial charge in [-0.15, -0.1) is 11.3 Å². The van der Waals surface area contributed by atoms with Gasteiger partial charge in [-0.05, 0) is 35.7 Å². The molecule has 3 rings (SSSR count). The van der Waals surface area contributed by atoms with E-state index in [9.17, 15) is 14.4 Å². The van der Waals surface area contributed by atoms with Gasteiger partial charge in [-0.3, -0.25) is 25.2 Å². The van der Waals surface area contributed by atoms with E-state index in [-0.39, 0.29) is 31.0 Å². The maximum Gasteiger partial charge on any atom is 0.305 e. The normalized spacial score (nSPS) is 10.3. The van der Waals surface area contributed by atoms with E-state index >= 15 is 0 Å². The second kappa shape index (κ2) is 9.52. The summed E-state index contributed by atoms with van der Waals surface area (Å²) in [6.45, 7) is 0.175. The number of ether oxygens (including phenoxy) is 1. The minimum Gasteiger partial charge on any atom is -0.486 e. The van der Waals surface area contributed by atoms with Gasteiger partial charge in [-0.25, -0.2) is 0 Å². The molecular formula is C20H18N2O5S. The van der Waals surface area contributed by atoms with Gasteiger partial charge in [0.25, 0.3) is 0 Å². The molecule has 0 bridgehead atoms. The second-order valence-corrected chi connectivity index (χ2v) is 6.72. The highest BCUT2D eigenvalue weighted by atomic mass is 32.1. The molecule has 2 N–H and O–H groups in total. The van der Waals surface area contributed by atoms with Crippen molar-refractivity contribution < 1.29 is 23.5 Å². The van der Waals surface area contributed by atoms with Gasteiger partial charge in [0.2, 0.25) is 5.91 Å². The smallest absolute Gasteiger partial charge is 0.305 e. The van der Waals surface area contributed by atoms with Crippen LogP contribution in [0.5, 0.6) is 5.75 Å². The Kier molecular flexibility index (Phi) is 6.59. The number of Topliss-reactive ketones (excluding diaryl/α,β-unsaturated/α-hetero) is 1. The Morgan fingerprint density at radius 1 is 0.929 bits per heavy atom. The number of para-hydroxylation sites is 1. The van der Waals surface area contributed by atoms with Crippen LogP contribution < -0.4 is 15.6 Å². The van der Waals surface area contributed by atoms with E-state index in [0.29, 0.717) is 16.4 Å². The van der Waals surface area contributed by atoms with Gasteiger partial charge in [-0.1, -0.05) is 24.3 Å². The van der Waals surface area contributed by atoms with Crippen LogP contribution in [0.4, 0.5) is 0 Å². The van der Waals surface area contributed by atoms with Crippen molar-refractivity contribution >= 4 is 28.9 Å². The second-order valence-electron chi connectivity index (χ2n) is 5.77. The molecule has 0 aliphatic rings. The molecule has 0 fully saturated rings. The first-order valence-electron chi connectivity index (χ1n) is 8.54. The first-order valence-corrected chi connectivity index (χ1v) is 9.42. The summed E-state index contributed by atoms with van der Waals surface area (Å²) in [5, 5.41) is 1.80. The summed E-state index contributed by atoms with van der Waals surface area (Å²) in [6.07, 6.45) is 0.0509. The molecule has 0 unspecified atom stereocenters. The zero-order chi connectivity index (χ0) is 19.8. The minimum absolute atomic E-state index is 0.0225. The number of benzene rings is 1. The number of hydrazine groups is 1. The summed E-state index contributed by atoms with van der Waals surface area (Å²) in [4.78, 5) is 36.3. The largest absolute Gasteiger partial charge is 0.486 e. The molecule has 28 heavy (non-hydrogen) atoms. The molecule has 144 valence electrons. The van der Waals surface area contributed by atoms with Crippen LogP contribution in [0.2, 0.25) is 0 Å². The number of amides is 2. The third-order valence-electron chi connectivity index (χ3n) is 3.70. The van der Waals surface area contributed by atoms with Crippen molar-refractivity contribution in [2.75, 3.05) is 0 Å². The van der Waals surface area contributed by atoms with Gasteiger partial charge in [0.15, 0.2) is 11.5 Å². The third-order valence-corrected chi connectivity index (χ3v) is 4.61. The molecule has 0 atom stereocenters. The highest BCUT2D eigenvalue weighted by molar-refractivity contribution is 7.12. The monoisotopic (exact) mass is 398 g/mol. The predicted octanol–water partition coefficient (Wildman–Crippen LogP) is 3.34. The molecule has 0 radical (unpaired) electrons. The number of carbonyl (C=O) groups is 3. The number of thiophene rings is 1. The first kappa shape index (κ1) is 19.4. The fourth-order valence-corrected chi connectivity index (χ4v) is 2.98. The maximum atomic E-state index is 12.0. The number of hydrogen-bond acceptors (Lipinski definition) is 6. The van der Waals surface area contributed by atoms with E-state index in [1.807, 2.05) is 30.3 Å². The maximum absolute atomic E-state index is 12.0. The quantitative estimate of drug-likeness (QED) is 0.448. The van der Waals surface area contributed by atoms with Crippen LogP contribution in [0.3, 0.4) is 0 Å². The topological polar surface area (TPSA) is 97.6 Å². The van der Waals surface area contributed by atoms with E-state index in [1.165, 1.54) is 17.4 Å². The van der Waals surface area contributed by atoms with E-state index in [0.717, 1.165) is 0 Å². The Morgan fingerprint density at radius 2 is 1.75 bits per heavy atom. The number of rotatable bonds is 8. The van der Waals surface area contributed by atoms with Crippen LogP contribution in [0.25, 0.3) is 0 Å². The Bertz CT molecular complexity index is 935. The van der Waals surface area contributed by atoms with Crippen molar-refractivity contribution in [2.45, 2.75) is 19.4 Å². The fraction of sp³-hybridized carbons (Fsp3) is 0.150. The number of hydrogen-bond donors (Lipinski definition) is 2. The van der Waals surface area contributed by atoms with Gasteiger partial charge in [0, 0.05) is 12.8 Å². The van der Waals surface area contributed by atoms with Gasteiger partial charge in [-0.2, -0.15) is 0 Å². The Hall–Kier alpha value is -3.39. The molecule has 2 aromatic heterocycles. The van der Waals surface area contributed by atoms with Crippen molar-refractivity contribution in [3.8, 4) is 5.75 Å². The molecular weight excluding hydrogens is 380 g/mol. The lowest BCUT2D eigenvalue weighted by molar-refractivity contribution is -0.121. The zero-order valence-electron chi connectivity index (χ0n) is 14.8. The molecule has 0 saturated carbocycles. The molecule has 2 heterocycles. The molecule has 0 spiro atoms. The summed E-state index contributed by atoms with van der Waals surface area (Å²) < 4.78 is 10.9. The average molecular weight is 398 g/mol. The number of carbonyl (C=O) groups excluding carboxylic acids is 3. The molecule has 8 heteroatoms. The number of ketones is 1. The minimum atomic E-state index is -0.594. The lowest BCUT2D eigenvalue weighted by atomic mass is 10.2. The third kappa shape index (κ3) is 5.55. The number of furan rings is 1. The summed E-state index contributed by atoms with van der Waals surface area (Å²) >= 11 is 1.33. The Morgan fingerprint density at radius 3 is 2.50 bits per heavy atom. The lowest BCUT2D eigenvalue weighted by Crippen LogP contribution is -2.41. The molecule has 0 aliphatic heterocycles. The van der Waals surface area contributed by atoms with Gasteiger partial charge in [0.05, 0.1) is 4.88 Å². The van der Waals surface area contributed by atoms with Gasteiger partial charge >= 0.3 is 5.91 Å². The summed E-state index contributed by atoms with van der Waals surface area (Å²) in [5.74, 6) is 0.0460. The highest BCUT2D eigenvalue weighted by Gasteiger charge is 2.14. The van der Waals surface area contributed by atoms with Gasteiger partial charge in [0.1, 0.15) is 18.1 Å². The molecule has 0 saturated heterocycles. The average Bonchev–Trinajstić information content (AvgIpc) is 3.41. The SMILES string of the molecule is O=C(CCC(=O)c1cccs1)NNC(=O)c1ccc(COc2ccccc2)o1. The van der Waals surface area contributed by atoms with Crippen LogP contribution >= 0.6 is 11.3 Å². The summed E-state index contributed by atoms with van der Waals surface area (Å²) in [6, 6.07) is 15.8. The molecule has 2 amide bonds. The van der Waals surface area contributed by atoms with E-state index in [2.05, 4.69) is 10.9 Å². The van der Waals surface area contributed by atoms with Crippen LogP contribution in [-0.2, 0) is 11.4 Å². The fourth-order valence-electron chi connectivity index (χ4n) is 2.29. The molecule has 0 aliphatic carbocycles. The van der Waals surface area contributed by atoms with Crippen LogP contribution in [0, 0.1) is 0 Å². The van der Waals surface area contributed by atoms with Gasteiger partial charge < -0.3 is 9.15 Å².